The van der Waals surface area contributed by atoms with Crippen molar-refractivity contribution in [1.82, 2.24) is 14.5 Å². The van der Waals surface area contributed by atoms with Gasteiger partial charge in [0.25, 0.3) is 11.5 Å². The standard InChI is InChI=1S/C13H18N5O4/c1-16(2)13-14-11-10(12(21)15-13)17(3)6-18(11)9-4-7(20)8(5-19)22-9/h4,6-9,19-20H,5H2,1-3H3/p+1/t7-,8+,9+/m0/s1. The molecule has 119 valence electrons. The minimum atomic E-state index is -0.868. The number of aliphatic hydroxyl groups is 2. The van der Waals surface area contributed by atoms with Gasteiger partial charge in [0.2, 0.25) is 5.52 Å². The molecule has 3 rings (SSSR count). The fourth-order valence-electron chi connectivity index (χ4n) is 2.55. The van der Waals surface area contributed by atoms with Crippen LogP contribution in [0.4, 0.5) is 5.95 Å². The van der Waals surface area contributed by atoms with E-state index in [9.17, 15) is 15.0 Å². The molecule has 1 radical (unpaired) electrons. The lowest BCUT2D eigenvalue weighted by Gasteiger charge is -2.10. The van der Waals surface area contributed by atoms with Crippen LogP contribution in [0.3, 0.4) is 0 Å². The van der Waals surface area contributed by atoms with Gasteiger partial charge >= 0.3 is 5.65 Å². The third-order valence-corrected chi connectivity index (χ3v) is 3.69. The van der Waals surface area contributed by atoms with Gasteiger partial charge in [-0.25, -0.2) is 4.57 Å². The largest absolute Gasteiger partial charge is 0.394 e. The summed E-state index contributed by atoms with van der Waals surface area (Å²) in [7, 11) is 5.29. The van der Waals surface area contributed by atoms with Crippen molar-refractivity contribution < 1.29 is 19.5 Å². The molecule has 0 unspecified atom stereocenters. The Morgan fingerprint density at radius 3 is 2.86 bits per heavy atom. The van der Waals surface area contributed by atoms with Crippen molar-refractivity contribution in [2.45, 2.75) is 18.4 Å². The highest BCUT2D eigenvalue weighted by atomic mass is 16.5. The van der Waals surface area contributed by atoms with Crippen LogP contribution in [0.15, 0.2) is 11.1 Å². The third kappa shape index (κ3) is 2.27. The summed E-state index contributed by atoms with van der Waals surface area (Å²) in [6.45, 7) is -0.281. The second kappa shape index (κ2) is 5.34. The first-order valence-corrected chi connectivity index (χ1v) is 6.89. The van der Waals surface area contributed by atoms with Crippen molar-refractivity contribution >= 4 is 17.1 Å². The highest BCUT2D eigenvalue weighted by molar-refractivity contribution is 5.67. The van der Waals surface area contributed by atoms with Crippen molar-refractivity contribution in [2.75, 3.05) is 25.6 Å². The van der Waals surface area contributed by atoms with Gasteiger partial charge in [-0.3, -0.25) is 14.3 Å². The summed E-state index contributed by atoms with van der Waals surface area (Å²) in [5.41, 5.74) is 0.596. The van der Waals surface area contributed by atoms with E-state index in [2.05, 4.69) is 9.97 Å². The van der Waals surface area contributed by atoms with Crippen molar-refractivity contribution in [3.05, 3.63) is 23.1 Å². The van der Waals surface area contributed by atoms with Gasteiger partial charge < -0.3 is 19.8 Å². The SMILES string of the molecule is CN(C)c1nc2c(c(=O)[nH]1)n(C)c[n+]2[C@H]1[CH][C@H](O)[C@@H](CO)O1. The van der Waals surface area contributed by atoms with Crippen LogP contribution < -0.4 is 15.0 Å². The second-order valence-corrected chi connectivity index (χ2v) is 5.52. The molecule has 2 aromatic heterocycles. The van der Waals surface area contributed by atoms with Crippen molar-refractivity contribution in [3.8, 4) is 0 Å². The Balaban J connectivity index is 2.13. The first-order valence-electron chi connectivity index (χ1n) is 6.89. The Kier molecular flexibility index (Phi) is 3.63. The lowest BCUT2D eigenvalue weighted by Crippen LogP contribution is -2.40. The molecule has 3 N–H and O–H groups in total. The maximum Gasteiger partial charge on any atom is 0.313 e. The number of aromatic amines is 1. The second-order valence-electron chi connectivity index (χ2n) is 5.52. The summed E-state index contributed by atoms with van der Waals surface area (Å²) in [5.74, 6) is 0.426. The number of rotatable bonds is 3. The van der Waals surface area contributed by atoms with Crippen LogP contribution in [0.1, 0.15) is 6.23 Å². The zero-order valence-corrected chi connectivity index (χ0v) is 12.6. The van der Waals surface area contributed by atoms with Crippen LogP contribution >= 0.6 is 0 Å². The molecule has 9 nitrogen and oxygen atoms in total. The number of nitrogens with zero attached hydrogens (tertiary/aromatic N) is 4. The van der Waals surface area contributed by atoms with Crippen LogP contribution in [-0.4, -0.2) is 57.7 Å². The summed E-state index contributed by atoms with van der Waals surface area (Å²) < 4.78 is 8.91. The van der Waals surface area contributed by atoms with Gasteiger partial charge in [0, 0.05) is 14.1 Å². The van der Waals surface area contributed by atoms with Gasteiger partial charge in [0.05, 0.1) is 26.2 Å². The van der Waals surface area contributed by atoms with Gasteiger partial charge in [0.15, 0.2) is 12.6 Å². The number of fused-ring (bicyclic) bond motifs is 1. The van der Waals surface area contributed by atoms with Gasteiger partial charge in [-0.05, 0) is 0 Å². The third-order valence-electron chi connectivity index (χ3n) is 3.69. The van der Waals surface area contributed by atoms with Crippen molar-refractivity contribution in [2.24, 2.45) is 7.05 Å². The van der Waals surface area contributed by atoms with E-state index in [4.69, 9.17) is 4.74 Å². The van der Waals surface area contributed by atoms with Crippen LogP contribution in [0.25, 0.3) is 11.2 Å². The van der Waals surface area contributed by atoms with E-state index in [-0.39, 0.29) is 12.2 Å². The number of nitrogens with one attached hydrogen (secondary N) is 1. The van der Waals surface area contributed by atoms with E-state index in [0.717, 1.165) is 0 Å². The summed E-state index contributed by atoms with van der Waals surface area (Å²) in [6.07, 6.45) is 1.11. The number of aliphatic hydroxyl groups excluding tert-OH is 2. The highest BCUT2D eigenvalue weighted by Crippen LogP contribution is 2.24. The molecule has 9 heteroatoms. The first kappa shape index (κ1) is 14.9. The predicted octanol–water partition coefficient (Wildman–Crippen LogP) is -1.93. The molecular weight excluding hydrogens is 290 g/mol. The number of ether oxygens (including phenoxy) is 1. The molecule has 1 saturated heterocycles. The Bertz CT molecular complexity index is 753. The molecule has 0 saturated carbocycles. The van der Waals surface area contributed by atoms with Crippen LogP contribution in [0.2, 0.25) is 0 Å². The Morgan fingerprint density at radius 1 is 1.55 bits per heavy atom. The molecule has 2 aromatic rings. The number of anilines is 1. The summed E-state index contributed by atoms with van der Waals surface area (Å²) >= 11 is 0. The summed E-state index contributed by atoms with van der Waals surface area (Å²) in [4.78, 5) is 21.1. The monoisotopic (exact) mass is 309 g/mol. The predicted molar refractivity (Wildman–Crippen MR) is 77.2 cm³/mol. The first-order chi connectivity index (χ1) is 10.4. The molecule has 3 heterocycles. The molecule has 0 aliphatic carbocycles. The number of hydrogen-bond acceptors (Lipinski definition) is 6. The maximum absolute atomic E-state index is 12.2. The minimum absolute atomic E-state index is 0.257. The van der Waals surface area contributed by atoms with Gasteiger partial charge in [0.1, 0.15) is 6.10 Å². The summed E-state index contributed by atoms with van der Waals surface area (Å²) in [6, 6.07) is 0. The number of H-pyrrole nitrogens is 1. The van der Waals surface area contributed by atoms with Crippen molar-refractivity contribution in [1.29, 1.82) is 0 Å². The van der Waals surface area contributed by atoms with Crippen molar-refractivity contribution in [3.63, 3.8) is 0 Å². The number of aryl methyl sites for hydroxylation is 1. The minimum Gasteiger partial charge on any atom is -0.394 e. The average molecular weight is 309 g/mol. The van der Waals surface area contributed by atoms with E-state index in [0.29, 0.717) is 17.1 Å². The fraction of sp³-hybridized carbons (Fsp3) is 0.538. The molecule has 22 heavy (non-hydrogen) atoms. The number of imidazole rings is 1. The Labute approximate surface area is 126 Å². The topological polar surface area (TPSA) is 107 Å². The average Bonchev–Trinajstić information content (AvgIpc) is 2.99. The smallest absolute Gasteiger partial charge is 0.313 e. The quantitative estimate of drug-likeness (QED) is 0.570. The number of aromatic nitrogens is 4. The Morgan fingerprint density at radius 2 is 2.27 bits per heavy atom. The fourth-order valence-corrected chi connectivity index (χ4v) is 2.55. The zero-order chi connectivity index (χ0) is 16.0. The van der Waals surface area contributed by atoms with Crippen LogP contribution in [0.5, 0.6) is 0 Å². The van der Waals surface area contributed by atoms with Gasteiger partial charge in [-0.2, -0.15) is 0 Å². The number of hydrogen-bond donors (Lipinski definition) is 3. The van der Waals surface area contributed by atoms with E-state index in [1.54, 1.807) is 47.9 Å². The molecule has 1 aliphatic rings. The van der Waals surface area contributed by atoms with E-state index < -0.39 is 18.4 Å². The van der Waals surface area contributed by atoms with E-state index >= 15 is 0 Å². The van der Waals surface area contributed by atoms with Gasteiger partial charge in [-0.1, -0.05) is 4.98 Å². The van der Waals surface area contributed by atoms with E-state index in [1.807, 2.05) is 0 Å². The molecule has 0 spiro atoms. The molecule has 0 amide bonds. The lowest BCUT2D eigenvalue weighted by molar-refractivity contribution is -0.731. The molecule has 3 atom stereocenters. The van der Waals surface area contributed by atoms with Crippen LogP contribution in [0, 0.1) is 6.42 Å². The lowest BCUT2D eigenvalue weighted by atomic mass is 10.2. The highest BCUT2D eigenvalue weighted by Gasteiger charge is 2.39. The summed E-state index contributed by atoms with van der Waals surface area (Å²) in [5, 5.41) is 19.0. The Hall–Kier alpha value is -1.97. The molecule has 0 aromatic carbocycles. The maximum atomic E-state index is 12.2. The molecule has 0 bridgehead atoms. The molecule has 1 aliphatic heterocycles. The molecule has 1 fully saturated rings. The van der Waals surface area contributed by atoms with Crippen LogP contribution in [-0.2, 0) is 11.8 Å². The van der Waals surface area contributed by atoms with Gasteiger partial charge in [-0.15, -0.1) is 0 Å². The normalized spacial score (nSPS) is 25.0. The molecular formula is C13H19N5O4+. The zero-order valence-electron chi connectivity index (χ0n) is 12.6. The van der Waals surface area contributed by atoms with E-state index in [1.165, 1.54) is 0 Å².